The van der Waals surface area contributed by atoms with E-state index in [1.807, 2.05) is 85.1 Å². The zero-order chi connectivity index (χ0) is 30.2. The molecule has 44 heavy (non-hydrogen) atoms. The number of para-hydroxylation sites is 1. The van der Waals surface area contributed by atoms with Gasteiger partial charge in [0.2, 0.25) is 0 Å². The quantitative estimate of drug-likeness (QED) is 0.134. The average Bonchev–Trinajstić information content (AvgIpc) is 3.68. The summed E-state index contributed by atoms with van der Waals surface area (Å²) in [4.78, 5) is 16.2. The van der Waals surface area contributed by atoms with Crippen molar-refractivity contribution in [3.63, 3.8) is 0 Å². The third-order valence-electron chi connectivity index (χ3n) is 7.50. The summed E-state index contributed by atoms with van der Waals surface area (Å²) in [5, 5.41) is 34.2. The number of phenolic OH excluding ortho intramolecular Hbond substituents is 1. The molecule has 0 radical (unpaired) electrons. The molecule has 216 valence electrons. The molecule has 2 aromatic heterocycles. The van der Waals surface area contributed by atoms with E-state index in [0.29, 0.717) is 27.5 Å². The molecule has 0 aliphatic carbocycles. The standard InChI is InChI=1S/C34H25N5O4S/c1-43-25-15-16-28-30(19-25)44-34(35-28)36-33(31-26-13-6-5-8-21(26)14-17-29(31)40)27-20-38(23-10-3-2-4-11-23)37-32(27)22-9-7-12-24(18-22)39(41)42/h2-20,33,40H,1H3,(H,35,36). The van der Waals surface area contributed by atoms with Gasteiger partial charge in [-0.1, -0.05) is 72.0 Å². The number of nitro benzene ring substituents is 1. The SMILES string of the molecule is COc1ccc2nc(NC(c3cn(-c4ccccc4)nc3-c3cccc([N+](=O)[O-])c3)c3c(O)ccc4ccccc34)sc2c1. The molecule has 0 bridgehead atoms. The van der Waals surface area contributed by atoms with Crippen molar-refractivity contribution in [2.24, 2.45) is 0 Å². The van der Waals surface area contributed by atoms with Crippen LogP contribution in [0.25, 0.3) is 37.9 Å². The number of ether oxygens (including phenoxy) is 1. The number of methoxy groups -OCH3 is 1. The number of thiazole rings is 1. The lowest BCUT2D eigenvalue weighted by Gasteiger charge is -2.22. The van der Waals surface area contributed by atoms with Crippen molar-refractivity contribution in [2.75, 3.05) is 12.4 Å². The van der Waals surface area contributed by atoms with E-state index >= 15 is 0 Å². The summed E-state index contributed by atoms with van der Waals surface area (Å²) in [6.07, 6.45) is 1.90. The zero-order valence-corrected chi connectivity index (χ0v) is 24.2. The zero-order valence-electron chi connectivity index (χ0n) is 23.4. The van der Waals surface area contributed by atoms with Crippen LogP contribution in [0.1, 0.15) is 17.2 Å². The fraction of sp³-hybridized carbons (Fsp3) is 0.0588. The Morgan fingerprint density at radius 1 is 0.955 bits per heavy atom. The third-order valence-corrected chi connectivity index (χ3v) is 8.45. The van der Waals surface area contributed by atoms with Crippen LogP contribution in [0.3, 0.4) is 0 Å². The predicted octanol–water partition coefficient (Wildman–Crippen LogP) is 8.13. The second-order valence-electron chi connectivity index (χ2n) is 10.2. The maximum atomic E-state index is 11.7. The van der Waals surface area contributed by atoms with E-state index in [2.05, 4.69) is 5.32 Å². The molecule has 1 atom stereocenters. The summed E-state index contributed by atoms with van der Waals surface area (Å²) < 4.78 is 8.11. The number of phenols is 1. The minimum Gasteiger partial charge on any atom is -0.508 e. The Morgan fingerprint density at radius 2 is 1.77 bits per heavy atom. The highest BCUT2D eigenvalue weighted by molar-refractivity contribution is 7.22. The van der Waals surface area contributed by atoms with E-state index in [9.17, 15) is 15.2 Å². The lowest BCUT2D eigenvalue weighted by atomic mass is 9.91. The molecule has 9 nitrogen and oxygen atoms in total. The van der Waals surface area contributed by atoms with Gasteiger partial charge in [-0.25, -0.2) is 9.67 Å². The summed E-state index contributed by atoms with van der Waals surface area (Å²) in [5.74, 6) is 0.828. The molecule has 7 rings (SSSR count). The first-order chi connectivity index (χ1) is 21.5. The lowest BCUT2D eigenvalue weighted by Crippen LogP contribution is -2.13. The van der Waals surface area contributed by atoms with Gasteiger partial charge in [-0.15, -0.1) is 0 Å². The minimum atomic E-state index is -0.643. The smallest absolute Gasteiger partial charge is 0.270 e. The van der Waals surface area contributed by atoms with Crippen molar-refractivity contribution in [1.29, 1.82) is 0 Å². The molecule has 5 aromatic carbocycles. The predicted molar refractivity (Wildman–Crippen MR) is 173 cm³/mol. The van der Waals surface area contributed by atoms with Crippen molar-refractivity contribution in [1.82, 2.24) is 14.8 Å². The van der Waals surface area contributed by atoms with Gasteiger partial charge in [-0.3, -0.25) is 10.1 Å². The molecule has 1 unspecified atom stereocenters. The summed E-state index contributed by atoms with van der Waals surface area (Å²) in [6, 6.07) is 32.5. The molecule has 0 aliphatic rings. The first-order valence-electron chi connectivity index (χ1n) is 13.8. The summed E-state index contributed by atoms with van der Waals surface area (Å²) >= 11 is 1.47. The van der Waals surface area contributed by atoms with Crippen LogP contribution in [0.4, 0.5) is 10.8 Å². The summed E-state index contributed by atoms with van der Waals surface area (Å²) in [5.41, 5.74) is 4.03. The van der Waals surface area contributed by atoms with Crippen molar-refractivity contribution in [3.05, 3.63) is 137 Å². The number of rotatable bonds is 8. The second kappa shape index (κ2) is 11.2. The molecule has 0 spiro atoms. The van der Waals surface area contributed by atoms with Gasteiger partial charge in [0, 0.05) is 35.0 Å². The van der Waals surface area contributed by atoms with Crippen LogP contribution in [0.5, 0.6) is 11.5 Å². The molecule has 0 aliphatic heterocycles. The Hall–Kier alpha value is -5.74. The van der Waals surface area contributed by atoms with Gasteiger partial charge in [-0.05, 0) is 47.2 Å². The number of nitrogens with one attached hydrogen (secondary N) is 1. The van der Waals surface area contributed by atoms with Crippen molar-refractivity contribution in [2.45, 2.75) is 6.04 Å². The number of nitro groups is 1. The van der Waals surface area contributed by atoms with E-state index in [0.717, 1.165) is 32.4 Å². The number of nitrogens with zero attached hydrogens (tertiary/aromatic N) is 4. The molecule has 10 heteroatoms. The van der Waals surface area contributed by atoms with Gasteiger partial charge < -0.3 is 15.2 Å². The number of aromatic hydroxyl groups is 1. The van der Waals surface area contributed by atoms with Crippen LogP contribution < -0.4 is 10.1 Å². The highest BCUT2D eigenvalue weighted by atomic mass is 32.1. The van der Waals surface area contributed by atoms with Crippen LogP contribution >= 0.6 is 11.3 Å². The van der Waals surface area contributed by atoms with Crippen molar-refractivity contribution >= 4 is 43.1 Å². The Labute approximate surface area is 255 Å². The van der Waals surface area contributed by atoms with Gasteiger partial charge in [0.1, 0.15) is 11.5 Å². The highest BCUT2D eigenvalue weighted by Gasteiger charge is 2.28. The monoisotopic (exact) mass is 599 g/mol. The fourth-order valence-electron chi connectivity index (χ4n) is 5.41. The topological polar surface area (TPSA) is 115 Å². The van der Waals surface area contributed by atoms with Crippen LogP contribution in [-0.4, -0.2) is 31.9 Å². The first kappa shape index (κ1) is 27.1. The Morgan fingerprint density at radius 3 is 2.59 bits per heavy atom. The molecule has 0 fully saturated rings. The normalized spacial score (nSPS) is 11.9. The first-order valence-corrected chi connectivity index (χ1v) is 14.6. The molecule has 0 saturated carbocycles. The minimum absolute atomic E-state index is 0.0413. The third kappa shape index (κ3) is 4.97. The van der Waals surface area contributed by atoms with E-state index in [1.165, 1.54) is 23.5 Å². The largest absolute Gasteiger partial charge is 0.508 e. The van der Waals surface area contributed by atoms with Gasteiger partial charge >= 0.3 is 0 Å². The molecule has 0 saturated heterocycles. The number of anilines is 1. The van der Waals surface area contributed by atoms with Gasteiger partial charge in [0.25, 0.3) is 5.69 Å². The number of aromatic nitrogens is 3. The number of benzene rings is 5. The van der Waals surface area contributed by atoms with Crippen LogP contribution in [0, 0.1) is 10.1 Å². The molecule has 7 aromatic rings. The van der Waals surface area contributed by atoms with Crippen molar-refractivity contribution < 1.29 is 14.8 Å². The lowest BCUT2D eigenvalue weighted by molar-refractivity contribution is -0.384. The van der Waals surface area contributed by atoms with E-state index in [4.69, 9.17) is 14.8 Å². The molecular formula is C34H25N5O4S. The Bertz CT molecular complexity index is 2160. The molecule has 0 amide bonds. The van der Waals surface area contributed by atoms with Crippen LogP contribution in [-0.2, 0) is 0 Å². The van der Waals surface area contributed by atoms with E-state index in [1.54, 1.807) is 30.0 Å². The Balaban J connectivity index is 1.48. The summed E-state index contributed by atoms with van der Waals surface area (Å²) in [6.45, 7) is 0. The van der Waals surface area contributed by atoms with Crippen molar-refractivity contribution in [3.8, 4) is 28.4 Å². The van der Waals surface area contributed by atoms with Crippen LogP contribution in [0.15, 0.2) is 115 Å². The maximum Gasteiger partial charge on any atom is 0.270 e. The Kier molecular flexibility index (Phi) is 6.88. The maximum absolute atomic E-state index is 11.7. The van der Waals surface area contributed by atoms with Gasteiger partial charge in [-0.2, -0.15) is 5.10 Å². The number of non-ortho nitro benzene ring substituents is 1. The summed E-state index contributed by atoms with van der Waals surface area (Å²) in [7, 11) is 1.63. The molecular weight excluding hydrogens is 574 g/mol. The van der Waals surface area contributed by atoms with Gasteiger partial charge in [0.15, 0.2) is 5.13 Å². The highest BCUT2D eigenvalue weighted by Crippen LogP contribution is 2.43. The average molecular weight is 600 g/mol. The fourth-order valence-corrected chi connectivity index (χ4v) is 6.34. The molecule has 2 N–H and O–H groups in total. The van der Waals surface area contributed by atoms with E-state index < -0.39 is 11.0 Å². The number of hydrogen-bond acceptors (Lipinski definition) is 8. The molecule has 2 heterocycles. The van der Waals surface area contributed by atoms with Crippen LogP contribution in [0.2, 0.25) is 0 Å². The van der Waals surface area contributed by atoms with E-state index in [-0.39, 0.29) is 11.4 Å². The second-order valence-corrected chi connectivity index (χ2v) is 11.2. The van der Waals surface area contributed by atoms with Gasteiger partial charge in [0.05, 0.1) is 39.7 Å². The number of fused-ring (bicyclic) bond motifs is 2. The number of hydrogen-bond donors (Lipinski definition) is 2.